The minimum atomic E-state index is -0.220. The monoisotopic (exact) mass is 195 g/mol. The molecule has 0 aliphatic rings. The van der Waals surface area contributed by atoms with E-state index in [0.29, 0.717) is 6.42 Å². The maximum absolute atomic E-state index is 10.4. The van der Waals surface area contributed by atoms with Crippen LogP contribution < -0.4 is 5.73 Å². The summed E-state index contributed by atoms with van der Waals surface area (Å²) in [6.07, 6.45) is 14.4. The van der Waals surface area contributed by atoms with Gasteiger partial charge in [0.05, 0.1) is 0 Å². The third-order valence-corrected chi connectivity index (χ3v) is 1.95. The Morgan fingerprint density at radius 3 is 2.21 bits per heavy atom. The molecule has 0 aromatic rings. The second kappa shape index (κ2) is 10.0. The molecule has 0 aliphatic heterocycles. The van der Waals surface area contributed by atoms with Crippen LogP contribution in [0.3, 0.4) is 0 Å². The summed E-state index contributed by atoms with van der Waals surface area (Å²) in [4.78, 5) is 10.4. The van der Waals surface area contributed by atoms with E-state index in [1.807, 2.05) is 13.0 Å². The smallest absolute Gasteiger partial charge is 0.217 e. The van der Waals surface area contributed by atoms with Crippen LogP contribution in [-0.4, -0.2) is 5.91 Å². The van der Waals surface area contributed by atoms with Crippen molar-refractivity contribution in [3.8, 4) is 0 Å². The van der Waals surface area contributed by atoms with Crippen LogP contribution in [0.5, 0.6) is 0 Å². The lowest BCUT2D eigenvalue weighted by atomic mass is 10.1. The summed E-state index contributed by atoms with van der Waals surface area (Å²) in [5.41, 5.74) is 5.01. The first kappa shape index (κ1) is 12.9. The van der Waals surface area contributed by atoms with Gasteiger partial charge in [0.25, 0.3) is 0 Å². The zero-order valence-electron chi connectivity index (χ0n) is 9.04. The molecule has 0 atom stereocenters. The zero-order chi connectivity index (χ0) is 10.6. The predicted octanol–water partition coefficient (Wildman–Crippen LogP) is 2.94. The molecular formula is C12H21NO. The first-order valence-electron chi connectivity index (χ1n) is 5.32. The van der Waals surface area contributed by atoms with E-state index in [9.17, 15) is 4.79 Å². The Balaban J connectivity index is 3.14. The van der Waals surface area contributed by atoms with Gasteiger partial charge < -0.3 is 5.73 Å². The van der Waals surface area contributed by atoms with Gasteiger partial charge in [-0.15, -0.1) is 0 Å². The van der Waals surface area contributed by atoms with E-state index in [0.717, 1.165) is 12.8 Å². The number of unbranched alkanes of at least 4 members (excludes halogenated alkanes) is 3. The summed E-state index contributed by atoms with van der Waals surface area (Å²) in [6, 6.07) is 0. The third-order valence-electron chi connectivity index (χ3n) is 1.95. The molecular weight excluding hydrogens is 174 g/mol. The average molecular weight is 195 g/mol. The summed E-state index contributed by atoms with van der Waals surface area (Å²) >= 11 is 0. The number of hydrogen-bond acceptors (Lipinski definition) is 1. The molecule has 80 valence electrons. The molecule has 2 heteroatoms. The average Bonchev–Trinajstić information content (AvgIpc) is 2.15. The molecule has 0 bridgehead atoms. The predicted molar refractivity (Wildman–Crippen MR) is 60.9 cm³/mol. The lowest BCUT2D eigenvalue weighted by Gasteiger charge is -1.92. The molecule has 0 saturated heterocycles. The van der Waals surface area contributed by atoms with Crippen molar-refractivity contribution in [1.29, 1.82) is 0 Å². The molecule has 0 aromatic carbocycles. The van der Waals surface area contributed by atoms with Crippen molar-refractivity contribution in [1.82, 2.24) is 0 Å². The summed E-state index contributed by atoms with van der Waals surface area (Å²) in [6.45, 7) is 2.05. The normalized spacial score (nSPS) is 11.5. The molecule has 0 fully saturated rings. The summed E-state index contributed by atoms with van der Waals surface area (Å²) < 4.78 is 0. The molecule has 2 nitrogen and oxygen atoms in total. The molecule has 0 radical (unpaired) electrons. The highest BCUT2D eigenvalue weighted by molar-refractivity contribution is 5.73. The second-order valence-electron chi connectivity index (χ2n) is 3.33. The molecule has 0 spiro atoms. The van der Waals surface area contributed by atoms with Gasteiger partial charge in [0.15, 0.2) is 0 Å². The van der Waals surface area contributed by atoms with Crippen LogP contribution in [0.1, 0.15) is 45.4 Å². The second-order valence-corrected chi connectivity index (χ2v) is 3.33. The van der Waals surface area contributed by atoms with Gasteiger partial charge in [0, 0.05) is 6.42 Å². The quantitative estimate of drug-likeness (QED) is 0.469. The van der Waals surface area contributed by atoms with Crippen LogP contribution >= 0.6 is 0 Å². The number of nitrogens with two attached hydrogens (primary N) is 1. The topological polar surface area (TPSA) is 43.1 Å². The maximum Gasteiger partial charge on any atom is 0.217 e. The highest BCUT2D eigenvalue weighted by Gasteiger charge is 1.88. The van der Waals surface area contributed by atoms with Crippen molar-refractivity contribution >= 4 is 5.91 Å². The fraction of sp³-hybridized carbons (Fsp3) is 0.583. The van der Waals surface area contributed by atoms with Crippen molar-refractivity contribution in [2.24, 2.45) is 5.73 Å². The van der Waals surface area contributed by atoms with E-state index in [-0.39, 0.29) is 5.91 Å². The Morgan fingerprint density at radius 2 is 1.64 bits per heavy atom. The first-order chi connectivity index (χ1) is 6.77. The summed E-state index contributed by atoms with van der Waals surface area (Å²) in [7, 11) is 0. The number of amides is 1. The van der Waals surface area contributed by atoms with Gasteiger partial charge in [0.1, 0.15) is 0 Å². The first-order valence-corrected chi connectivity index (χ1v) is 5.32. The van der Waals surface area contributed by atoms with Gasteiger partial charge >= 0.3 is 0 Å². The highest BCUT2D eigenvalue weighted by atomic mass is 16.1. The molecule has 2 N–H and O–H groups in total. The van der Waals surface area contributed by atoms with Crippen LogP contribution in [0.25, 0.3) is 0 Å². The fourth-order valence-electron chi connectivity index (χ4n) is 1.15. The Labute approximate surface area is 86.9 Å². The summed E-state index contributed by atoms with van der Waals surface area (Å²) in [5.74, 6) is -0.220. The largest absolute Gasteiger partial charge is 0.370 e. The van der Waals surface area contributed by atoms with Crippen molar-refractivity contribution < 1.29 is 4.79 Å². The standard InChI is InChI=1S/C12H21NO/c1-2-3-4-5-6-7-8-9-10-11-12(13)14/h2-3,8-9H,4-7,10-11H2,1H3,(H2,13,14)/b3-2+,9-8+. The van der Waals surface area contributed by atoms with Gasteiger partial charge in [-0.25, -0.2) is 0 Å². The van der Waals surface area contributed by atoms with Crippen LogP contribution in [0.2, 0.25) is 0 Å². The number of allylic oxidation sites excluding steroid dienone is 4. The molecule has 0 rings (SSSR count). The van der Waals surface area contributed by atoms with E-state index in [4.69, 9.17) is 5.73 Å². The van der Waals surface area contributed by atoms with E-state index in [2.05, 4.69) is 18.2 Å². The molecule has 0 heterocycles. The lowest BCUT2D eigenvalue weighted by molar-refractivity contribution is -0.117. The molecule has 0 saturated carbocycles. The maximum atomic E-state index is 10.4. The Kier molecular flexibility index (Phi) is 9.28. The molecule has 1 amide bonds. The van der Waals surface area contributed by atoms with Crippen molar-refractivity contribution in [3.05, 3.63) is 24.3 Å². The van der Waals surface area contributed by atoms with Crippen LogP contribution in [-0.2, 0) is 4.79 Å². The zero-order valence-corrected chi connectivity index (χ0v) is 9.04. The van der Waals surface area contributed by atoms with Gasteiger partial charge in [-0.1, -0.05) is 24.3 Å². The number of carbonyl (C=O) groups is 1. The Bertz CT molecular complexity index is 194. The molecule has 0 aliphatic carbocycles. The van der Waals surface area contributed by atoms with Crippen molar-refractivity contribution in [2.45, 2.75) is 45.4 Å². The van der Waals surface area contributed by atoms with Gasteiger partial charge in [-0.05, 0) is 39.0 Å². The molecule has 0 aromatic heterocycles. The van der Waals surface area contributed by atoms with E-state index in [1.54, 1.807) is 0 Å². The fourth-order valence-corrected chi connectivity index (χ4v) is 1.15. The SMILES string of the molecule is C/C=C/CCCC/C=C/CCC(N)=O. The Morgan fingerprint density at radius 1 is 1.07 bits per heavy atom. The van der Waals surface area contributed by atoms with E-state index < -0.39 is 0 Å². The van der Waals surface area contributed by atoms with Crippen LogP contribution in [0.4, 0.5) is 0 Å². The van der Waals surface area contributed by atoms with Crippen LogP contribution in [0, 0.1) is 0 Å². The third kappa shape index (κ3) is 11.0. The summed E-state index contributed by atoms with van der Waals surface area (Å²) in [5, 5.41) is 0. The number of carbonyl (C=O) groups excluding carboxylic acids is 1. The molecule has 0 unspecified atom stereocenters. The Hall–Kier alpha value is -1.05. The van der Waals surface area contributed by atoms with Gasteiger partial charge in [-0.2, -0.15) is 0 Å². The minimum absolute atomic E-state index is 0.220. The molecule has 14 heavy (non-hydrogen) atoms. The lowest BCUT2D eigenvalue weighted by Crippen LogP contribution is -2.08. The van der Waals surface area contributed by atoms with Crippen molar-refractivity contribution in [3.63, 3.8) is 0 Å². The van der Waals surface area contributed by atoms with Crippen LogP contribution in [0.15, 0.2) is 24.3 Å². The van der Waals surface area contributed by atoms with E-state index >= 15 is 0 Å². The van der Waals surface area contributed by atoms with Crippen molar-refractivity contribution in [2.75, 3.05) is 0 Å². The number of primary amides is 1. The minimum Gasteiger partial charge on any atom is -0.370 e. The number of rotatable bonds is 8. The highest BCUT2D eigenvalue weighted by Crippen LogP contribution is 2.02. The van der Waals surface area contributed by atoms with Gasteiger partial charge in [0.2, 0.25) is 5.91 Å². The number of hydrogen-bond donors (Lipinski definition) is 1. The van der Waals surface area contributed by atoms with Gasteiger partial charge in [-0.3, -0.25) is 4.79 Å². The van der Waals surface area contributed by atoms with E-state index in [1.165, 1.54) is 19.3 Å².